The van der Waals surface area contributed by atoms with E-state index in [2.05, 4.69) is 45.8 Å². The standard InChI is InChI=1S/C18H22N4O.H2O/c1-21-10-7-18(8-11-21)14-5-3-2-4-13(14)6-9-22-15(16(19)23)12-20-17(18)22;/h2-5,12H,6-11H2,1H3,(H2,19,23);1H2. The minimum absolute atomic E-state index is 0. The summed E-state index contributed by atoms with van der Waals surface area (Å²) in [5.41, 5.74) is 8.76. The molecule has 1 aromatic carbocycles. The Morgan fingerprint density at radius 2 is 1.92 bits per heavy atom. The van der Waals surface area contributed by atoms with E-state index in [1.54, 1.807) is 6.20 Å². The Bertz CT molecular complexity index is 760. The van der Waals surface area contributed by atoms with Crippen LogP contribution in [0.4, 0.5) is 0 Å². The molecular weight excluding hydrogens is 304 g/mol. The van der Waals surface area contributed by atoms with Gasteiger partial charge in [0.1, 0.15) is 11.5 Å². The molecule has 4 N–H and O–H groups in total. The summed E-state index contributed by atoms with van der Waals surface area (Å²) in [5, 5.41) is 0. The third-order valence-corrected chi connectivity index (χ3v) is 5.51. The van der Waals surface area contributed by atoms with Crippen LogP contribution in [-0.4, -0.2) is 46.0 Å². The largest absolute Gasteiger partial charge is 0.412 e. The lowest BCUT2D eigenvalue weighted by molar-refractivity contribution is 0.0990. The van der Waals surface area contributed by atoms with Gasteiger partial charge in [0.05, 0.1) is 11.6 Å². The minimum Gasteiger partial charge on any atom is -0.412 e. The zero-order valence-corrected chi connectivity index (χ0v) is 14.0. The molecule has 1 spiro atoms. The van der Waals surface area contributed by atoms with Gasteiger partial charge >= 0.3 is 0 Å². The monoisotopic (exact) mass is 328 g/mol. The van der Waals surface area contributed by atoms with Crippen molar-refractivity contribution in [3.63, 3.8) is 0 Å². The first-order valence-electron chi connectivity index (χ1n) is 8.24. The van der Waals surface area contributed by atoms with Gasteiger partial charge in [-0.3, -0.25) is 4.79 Å². The van der Waals surface area contributed by atoms with Crippen LogP contribution >= 0.6 is 0 Å². The van der Waals surface area contributed by atoms with E-state index in [4.69, 9.17) is 5.73 Å². The Balaban J connectivity index is 0.00000169. The summed E-state index contributed by atoms with van der Waals surface area (Å²) in [5.74, 6) is 0.627. The Morgan fingerprint density at radius 1 is 1.21 bits per heavy atom. The molecule has 0 radical (unpaired) electrons. The highest BCUT2D eigenvalue weighted by Gasteiger charge is 2.43. The number of carbonyl (C=O) groups excluding carboxylic acids is 1. The van der Waals surface area contributed by atoms with E-state index < -0.39 is 5.91 Å². The molecule has 6 nitrogen and oxygen atoms in total. The fourth-order valence-corrected chi connectivity index (χ4v) is 4.23. The van der Waals surface area contributed by atoms with Crippen LogP contribution in [0.25, 0.3) is 0 Å². The molecule has 128 valence electrons. The first kappa shape index (κ1) is 16.7. The van der Waals surface area contributed by atoms with Crippen molar-refractivity contribution in [3.05, 3.63) is 53.1 Å². The number of imidazole rings is 1. The predicted octanol–water partition coefficient (Wildman–Crippen LogP) is 0.725. The SMILES string of the molecule is CN1CCC2(CC1)c1ccccc1CCn1c(C(N)=O)cnc12.O. The second-order valence-corrected chi connectivity index (χ2v) is 6.78. The first-order chi connectivity index (χ1) is 11.1. The molecule has 1 aromatic heterocycles. The van der Waals surface area contributed by atoms with Crippen LogP contribution in [0, 0.1) is 0 Å². The number of rotatable bonds is 1. The number of hydrogen-bond acceptors (Lipinski definition) is 3. The second kappa shape index (κ2) is 6.03. The molecule has 2 aliphatic heterocycles. The summed E-state index contributed by atoms with van der Waals surface area (Å²) >= 11 is 0. The summed E-state index contributed by atoms with van der Waals surface area (Å²) in [7, 11) is 2.16. The van der Waals surface area contributed by atoms with Gasteiger partial charge in [0.2, 0.25) is 0 Å². The van der Waals surface area contributed by atoms with E-state index in [1.807, 2.05) is 0 Å². The van der Waals surface area contributed by atoms with Crippen molar-refractivity contribution in [1.82, 2.24) is 14.5 Å². The molecule has 4 rings (SSSR count). The Hall–Kier alpha value is -2.18. The summed E-state index contributed by atoms with van der Waals surface area (Å²) in [6.45, 7) is 2.84. The van der Waals surface area contributed by atoms with E-state index >= 15 is 0 Å². The lowest BCUT2D eigenvalue weighted by Crippen LogP contribution is -2.43. The van der Waals surface area contributed by atoms with Gasteiger partial charge in [0, 0.05) is 6.54 Å². The molecule has 24 heavy (non-hydrogen) atoms. The molecular formula is C18H24N4O2. The summed E-state index contributed by atoms with van der Waals surface area (Å²) < 4.78 is 2.06. The van der Waals surface area contributed by atoms with Crippen molar-refractivity contribution in [1.29, 1.82) is 0 Å². The molecule has 2 aromatic rings. The van der Waals surface area contributed by atoms with Crippen molar-refractivity contribution < 1.29 is 10.3 Å². The van der Waals surface area contributed by atoms with Gasteiger partial charge in [-0.15, -0.1) is 0 Å². The van der Waals surface area contributed by atoms with Crippen molar-refractivity contribution >= 4 is 5.91 Å². The van der Waals surface area contributed by atoms with Gasteiger partial charge in [0.25, 0.3) is 5.91 Å². The second-order valence-electron chi connectivity index (χ2n) is 6.78. The molecule has 0 bridgehead atoms. The predicted molar refractivity (Wildman–Crippen MR) is 92.0 cm³/mol. The van der Waals surface area contributed by atoms with Crippen LogP contribution in [0.3, 0.4) is 0 Å². The lowest BCUT2D eigenvalue weighted by Gasteiger charge is -2.40. The Kier molecular flexibility index (Phi) is 4.19. The van der Waals surface area contributed by atoms with Crippen LogP contribution in [0.2, 0.25) is 0 Å². The average Bonchev–Trinajstić information content (AvgIpc) is 2.94. The van der Waals surface area contributed by atoms with Crippen molar-refractivity contribution in [2.75, 3.05) is 20.1 Å². The van der Waals surface area contributed by atoms with E-state index in [9.17, 15) is 4.79 Å². The lowest BCUT2D eigenvalue weighted by atomic mass is 9.70. The van der Waals surface area contributed by atoms with E-state index in [0.717, 1.165) is 44.7 Å². The van der Waals surface area contributed by atoms with E-state index in [0.29, 0.717) is 5.69 Å². The number of primary amides is 1. The average molecular weight is 328 g/mol. The van der Waals surface area contributed by atoms with Gasteiger partial charge in [-0.2, -0.15) is 0 Å². The minimum atomic E-state index is -0.391. The fourth-order valence-electron chi connectivity index (χ4n) is 4.23. The number of benzene rings is 1. The molecule has 0 saturated carbocycles. The molecule has 0 unspecified atom stereocenters. The molecule has 0 aliphatic carbocycles. The maximum atomic E-state index is 11.8. The highest BCUT2D eigenvalue weighted by Crippen LogP contribution is 2.44. The number of likely N-dealkylation sites (tertiary alicyclic amines) is 1. The van der Waals surface area contributed by atoms with Crippen LogP contribution in [0.15, 0.2) is 30.5 Å². The number of carbonyl (C=O) groups is 1. The van der Waals surface area contributed by atoms with Gasteiger partial charge in [-0.05, 0) is 50.5 Å². The van der Waals surface area contributed by atoms with Crippen LogP contribution in [-0.2, 0) is 18.4 Å². The van der Waals surface area contributed by atoms with Crippen molar-refractivity contribution in [2.45, 2.75) is 31.2 Å². The third kappa shape index (κ3) is 2.34. The van der Waals surface area contributed by atoms with Gasteiger partial charge < -0.3 is 20.7 Å². The molecule has 6 heteroatoms. The zero-order valence-electron chi connectivity index (χ0n) is 14.0. The number of nitrogens with two attached hydrogens (primary N) is 1. The Labute approximate surface area is 141 Å². The van der Waals surface area contributed by atoms with Gasteiger partial charge in [0.15, 0.2) is 0 Å². The zero-order chi connectivity index (χ0) is 16.0. The number of aryl methyl sites for hydroxylation is 1. The number of amides is 1. The molecule has 3 heterocycles. The number of hydrogen-bond donors (Lipinski definition) is 1. The van der Waals surface area contributed by atoms with Crippen molar-refractivity contribution in [3.8, 4) is 0 Å². The summed E-state index contributed by atoms with van der Waals surface area (Å²) in [6.07, 6.45) is 4.62. The molecule has 1 fully saturated rings. The normalized spacial score (nSPS) is 19.0. The first-order valence-corrected chi connectivity index (χ1v) is 8.24. The third-order valence-electron chi connectivity index (χ3n) is 5.51. The van der Waals surface area contributed by atoms with E-state index in [-0.39, 0.29) is 10.9 Å². The van der Waals surface area contributed by atoms with Crippen LogP contribution < -0.4 is 5.73 Å². The maximum absolute atomic E-state index is 11.8. The van der Waals surface area contributed by atoms with Gasteiger partial charge in [-0.1, -0.05) is 24.3 Å². The number of fused-ring (bicyclic) bond motifs is 4. The highest BCUT2D eigenvalue weighted by molar-refractivity contribution is 5.91. The maximum Gasteiger partial charge on any atom is 0.266 e. The topological polar surface area (TPSA) is 95.7 Å². The van der Waals surface area contributed by atoms with Crippen LogP contribution in [0.5, 0.6) is 0 Å². The molecule has 1 saturated heterocycles. The molecule has 2 aliphatic rings. The van der Waals surface area contributed by atoms with E-state index in [1.165, 1.54) is 11.1 Å². The highest BCUT2D eigenvalue weighted by atomic mass is 16.1. The number of aromatic nitrogens is 2. The molecule has 0 atom stereocenters. The van der Waals surface area contributed by atoms with Gasteiger partial charge in [-0.25, -0.2) is 4.98 Å². The van der Waals surface area contributed by atoms with Crippen molar-refractivity contribution in [2.24, 2.45) is 5.73 Å². The smallest absolute Gasteiger partial charge is 0.266 e. The quantitative estimate of drug-likeness (QED) is 0.835. The summed E-state index contributed by atoms with van der Waals surface area (Å²) in [4.78, 5) is 18.8. The van der Waals surface area contributed by atoms with Crippen LogP contribution in [0.1, 0.15) is 40.3 Å². The summed E-state index contributed by atoms with van der Waals surface area (Å²) in [6, 6.07) is 8.68. The number of piperidine rings is 1. The fraction of sp³-hybridized carbons (Fsp3) is 0.444. The Morgan fingerprint density at radius 3 is 2.62 bits per heavy atom. The number of nitrogens with zero attached hydrogens (tertiary/aromatic N) is 3. The molecule has 1 amide bonds.